The molecule has 0 radical (unpaired) electrons. The maximum atomic E-state index is 13.5. The Morgan fingerprint density at radius 1 is 0.844 bits per heavy atom. The highest BCUT2D eigenvalue weighted by atomic mass is 16.5. The van der Waals surface area contributed by atoms with Crippen molar-refractivity contribution in [2.75, 3.05) is 50.5 Å². The third kappa shape index (κ3) is 8.57. The van der Waals surface area contributed by atoms with Crippen LogP contribution < -0.4 is 20.1 Å². The maximum absolute atomic E-state index is 13.5. The van der Waals surface area contributed by atoms with Gasteiger partial charge in [-0.05, 0) is 81.4 Å². The van der Waals surface area contributed by atoms with Gasteiger partial charge < -0.3 is 29.9 Å². The molecule has 0 aliphatic rings. The SMILES string of the molecule is CCOc1ccccc1Oc1nc(Nc2ccc(C(=O)N(C)CCN(CC)CC)cc2)ncc1C(=O)Nc1c(C)cccc1C. The van der Waals surface area contributed by atoms with Gasteiger partial charge in [-0.1, -0.05) is 44.2 Å². The number of amides is 2. The van der Waals surface area contributed by atoms with Crippen LogP contribution in [0.1, 0.15) is 52.6 Å². The third-order valence-corrected chi connectivity index (χ3v) is 7.45. The number of anilines is 3. The van der Waals surface area contributed by atoms with Crippen LogP contribution in [0.5, 0.6) is 17.4 Å². The van der Waals surface area contributed by atoms with Crippen molar-refractivity contribution in [1.29, 1.82) is 0 Å². The van der Waals surface area contributed by atoms with Crippen LogP contribution >= 0.6 is 0 Å². The Morgan fingerprint density at radius 2 is 1.51 bits per heavy atom. The number of benzene rings is 3. The Bertz CT molecular complexity index is 1580. The van der Waals surface area contributed by atoms with Crippen LogP contribution in [0.15, 0.2) is 72.9 Å². The van der Waals surface area contributed by atoms with Gasteiger partial charge in [0.2, 0.25) is 11.8 Å². The van der Waals surface area contributed by atoms with Gasteiger partial charge in [0.25, 0.3) is 11.8 Å². The van der Waals surface area contributed by atoms with E-state index in [1.54, 1.807) is 41.3 Å². The van der Waals surface area contributed by atoms with E-state index >= 15 is 0 Å². The summed E-state index contributed by atoms with van der Waals surface area (Å²) in [6, 6.07) is 20.1. The summed E-state index contributed by atoms with van der Waals surface area (Å²) in [5, 5.41) is 6.15. The van der Waals surface area contributed by atoms with Gasteiger partial charge in [0.05, 0.1) is 6.61 Å². The molecule has 10 nitrogen and oxygen atoms in total. The Labute approximate surface area is 265 Å². The molecule has 0 fully saturated rings. The first-order valence-corrected chi connectivity index (χ1v) is 15.2. The topological polar surface area (TPSA) is 109 Å². The van der Waals surface area contributed by atoms with E-state index in [4.69, 9.17) is 9.47 Å². The zero-order valence-electron chi connectivity index (χ0n) is 26.9. The highest BCUT2D eigenvalue weighted by Crippen LogP contribution is 2.33. The van der Waals surface area contributed by atoms with Gasteiger partial charge in [-0.3, -0.25) is 9.59 Å². The summed E-state index contributed by atoms with van der Waals surface area (Å²) in [5.74, 6) is 0.765. The summed E-state index contributed by atoms with van der Waals surface area (Å²) in [6.07, 6.45) is 1.43. The van der Waals surface area contributed by atoms with Crippen LogP contribution in [0, 0.1) is 13.8 Å². The minimum Gasteiger partial charge on any atom is -0.490 e. The fourth-order valence-electron chi connectivity index (χ4n) is 4.74. The third-order valence-electron chi connectivity index (χ3n) is 7.45. The largest absolute Gasteiger partial charge is 0.490 e. The average Bonchev–Trinajstić information content (AvgIpc) is 3.04. The molecule has 3 aromatic carbocycles. The van der Waals surface area contributed by atoms with Crippen LogP contribution in [-0.2, 0) is 0 Å². The smallest absolute Gasteiger partial charge is 0.262 e. The Hall–Kier alpha value is -4.96. The molecule has 0 saturated carbocycles. The molecule has 236 valence electrons. The molecule has 2 N–H and O–H groups in total. The van der Waals surface area contributed by atoms with Crippen molar-refractivity contribution < 1.29 is 19.1 Å². The van der Waals surface area contributed by atoms with Gasteiger partial charge in [0.1, 0.15) is 5.56 Å². The Morgan fingerprint density at radius 3 is 2.16 bits per heavy atom. The van der Waals surface area contributed by atoms with Crippen molar-refractivity contribution in [2.24, 2.45) is 0 Å². The van der Waals surface area contributed by atoms with E-state index in [2.05, 4.69) is 39.3 Å². The van der Waals surface area contributed by atoms with Gasteiger partial charge in [-0.25, -0.2) is 4.98 Å². The van der Waals surface area contributed by atoms with Gasteiger partial charge in [-0.15, -0.1) is 0 Å². The van der Waals surface area contributed by atoms with Gasteiger partial charge >= 0.3 is 0 Å². The number of rotatable bonds is 14. The van der Waals surface area contributed by atoms with E-state index in [0.29, 0.717) is 35.9 Å². The molecule has 0 atom stereocenters. The lowest BCUT2D eigenvalue weighted by Crippen LogP contribution is -2.36. The minimum absolute atomic E-state index is 0.0483. The highest BCUT2D eigenvalue weighted by Gasteiger charge is 2.20. The molecular formula is C35H42N6O4. The number of aromatic nitrogens is 2. The number of hydrogen-bond acceptors (Lipinski definition) is 8. The van der Waals surface area contributed by atoms with E-state index in [-0.39, 0.29) is 23.3 Å². The first kappa shape index (κ1) is 32.9. The first-order valence-electron chi connectivity index (χ1n) is 15.2. The maximum Gasteiger partial charge on any atom is 0.262 e. The number of likely N-dealkylation sites (N-methyl/N-ethyl adjacent to an activating group) is 2. The van der Waals surface area contributed by atoms with Gasteiger partial charge in [0, 0.05) is 43.3 Å². The lowest BCUT2D eigenvalue weighted by molar-refractivity contribution is 0.0779. The quantitative estimate of drug-likeness (QED) is 0.163. The zero-order valence-corrected chi connectivity index (χ0v) is 26.9. The number of para-hydroxylation sites is 3. The number of hydrogen-bond donors (Lipinski definition) is 2. The van der Waals surface area contributed by atoms with Crippen molar-refractivity contribution >= 4 is 29.1 Å². The number of carbonyl (C=O) groups is 2. The molecule has 0 bridgehead atoms. The van der Waals surface area contributed by atoms with Crippen LogP contribution in [-0.4, -0.2) is 71.4 Å². The lowest BCUT2D eigenvalue weighted by Gasteiger charge is -2.23. The van der Waals surface area contributed by atoms with Crippen molar-refractivity contribution in [3.8, 4) is 17.4 Å². The van der Waals surface area contributed by atoms with Crippen molar-refractivity contribution in [3.63, 3.8) is 0 Å². The second kappa shape index (κ2) is 15.7. The van der Waals surface area contributed by atoms with Crippen LogP contribution in [0.3, 0.4) is 0 Å². The number of carbonyl (C=O) groups excluding carboxylic acids is 2. The first-order chi connectivity index (χ1) is 21.7. The summed E-state index contributed by atoms with van der Waals surface area (Å²) in [5.41, 5.74) is 4.00. The molecule has 1 aromatic heterocycles. The molecular weight excluding hydrogens is 568 g/mol. The normalized spacial score (nSPS) is 10.8. The summed E-state index contributed by atoms with van der Waals surface area (Å²) in [7, 11) is 1.81. The molecule has 0 saturated heterocycles. The standard InChI is InChI=1S/C35H42N6O4/c1-7-41(8-2)22-21-40(6)34(43)26-17-19-27(20-18-26)37-35-36-23-28(32(42)38-31-24(4)13-12-14-25(31)5)33(39-35)45-30-16-11-10-15-29(30)44-9-3/h10-20,23H,7-9,21-22H2,1-6H3,(H,38,42)(H,36,37,39). The molecule has 0 aliphatic heterocycles. The highest BCUT2D eigenvalue weighted by molar-refractivity contribution is 6.06. The van der Waals surface area contributed by atoms with Crippen molar-refractivity contribution in [2.45, 2.75) is 34.6 Å². The molecule has 4 rings (SSSR count). The number of nitrogens with zero attached hydrogens (tertiary/aromatic N) is 4. The zero-order chi connectivity index (χ0) is 32.3. The summed E-state index contributed by atoms with van der Waals surface area (Å²) >= 11 is 0. The Balaban J connectivity index is 1.57. The van der Waals surface area contributed by atoms with Gasteiger partial charge in [0.15, 0.2) is 11.5 Å². The Kier molecular flexibility index (Phi) is 11.5. The van der Waals surface area contributed by atoms with E-state index in [1.807, 2.05) is 58.2 Å². The number of aryl methyl sites for hydroxylation is 2. The van der Waals surface area contributed by atoms with Crippen LogP contribution in [0.2, 0.25) is 0 Å². The molecule has 0 unspecified atom stereocenters. The predicted molar refractivity (Wildman–Crippen MR) is 178 cm³/mol. The molecule has 2 amide bonds. The van der Waals surface area contributed by atoms with Crippen LogP contribution in [0.25, 0.3) is 0 Å². The summed E-state index contributed by atoms with van der Waals surface area (Å²) in [6.45, 7) is 13.8. The monoisotopic (exact) mass is 610 g/mol. The van der Waals surface area contributed by atoms with Crippen LogP contribution in [0.4, 0.5) is 17.3 Å². The molecule has 10 heteroatoms. The molecule has 0 spiro atoms. The summed E-state index contributed by atoms with van der Waals surface area (Å²) in [4.78, 5) is 39.5. The molecule has 0 aliphatic carbocycles. The fraction of sp³-hybridized carbons (Fsp3) is 0.314. The molecule has 4 aromatic rings. The fourth-order valence-corrected chi connectivity index (χ4v) is 4.74. The van der Waals surface area contributed by atoms with E-state index < -0.39 is 5.91 Å². The second-order valence-corrected chi connectivity index (χ2v) is 10.6. The average molecular weight is 611 g/mol. The summed E-state index contributed by atoms with van der Waals surface area (Å²) < 4.78 is 11.9. The van der Waals surface area contributed by atoms with Gasteiger partial charge in [-0.2, -0.15) is 4.98 Å². The molecule has 45 heavy (non-hydrogen) atoms. The van der Waals surface area contributed by atoms with E-state index in [0.717, 1.165) is 36.4 Å². The van der Waals surface area contributed by atoms with E-state index in [1.165, 1.54) is 6.20 Å². The lowest BCUT2D eigenvalue weighted by atomic mass is 10.1. The number of nitrogens with one attached hydrogen (secondary N) is 2. The van der Waals surface area contributed by atoms with E-state index in [9.17, 15) is 9.59 Å². The van der Waals surface area contributed by atoms with Crippen molar-refractivity contribution in [3.05, 3.63) is 95.2 Å². The molecule has 1 heterocycles. The second-order valence-electron chi connectivity index (χ2n) is 10.6. The minimum atomic E-state index is -0.407. The number of ether oxygens (including phenoxy) is 2. The predicted octanol–water partition coefficient (Wildman–Crippen LogP) is 6.69. The van der Waals surface area contributed by atoms with Crippen molar-refractivity contribution in [1.82, 2.24) is 19.8 Å².